The van der Waals surface area contributed by atoms with Gasteiger partial charge in [0.2, 0.25) is 5.95 Å². The predicted molar refractivity (Wildman–Crippen MR) is 74.9 cm³/mol. The Morgan fingerprint density at radius 1 is 1.50 bits per heavy atom. The second-order valence-electron chi connectivity index (χ2n) is 5.03. The molecule has 1 saturated heterocycles. The molecule has 0 amide bonds. The van der Waals surface area contributed by atoms with Gasteiger partial charge in [-0.15, -0.1) is 0 Å². The van der Waals surface area contributed by atoms with E-state index in [0.717, 1.165) is 25.5 Å². The maximum atomic E-state index is 6.10. The summed E-state index contributed by atoms with van der Waals surface area (Å²) in [6, 6.07) is 0. The van der Waals surface area contributed by atoms with Crippen molar-refractivity contribution in [2.75, 3.05) is 44.4 Å². The Labute approximate surface area is 113 Å². The summed E-state index contributed by atoms with van der Waals surface area (Å²) in [6.45, 7) is 3.29. The van der Waals surface area contributed by atoms with Crippen LogP contribution < -0.4 is 10.6 Å². The van der Waals surface area contributed by atoms with Crippen LogP contribution >= 0.6 is 11.6 Å². The van der Waals surface area contributed by atoms with Gasteiger partial charge in [0.1, 0.15) is 5.02 Å². The third-order valence-corrected chi connectivity index (χ3v) is 3.74. The molecule has 1 aliphatic rings. The lowest BCUT2D eigenvalue weighted by Gasteiger charge is -2.32. The molecule has 0 radical (unpaired) electrons. The van der Waals surface area contributed by atoms with E-state index >= 15 is 0 Å². The first-order chi connectivity index (χ1) is 8.56. The molecule has 0 aliphatic carbocycles. The van der Waals surface area contributed by atoms with Crippen molar-refractivity contribution < 1.29 is 0 Å². The molecule has 0 bridgehead atoms. The van der Waals surface area contributed by atoms with Crippen LogP contribution in [0.2, 0.25) is 5.02 Å². The molecule has 1 fully saturated rings. The number of anilines is 2. The number of nitrogens with zero attached hydrogens (tertiary/aromatic N) is 4. The maximum absolute atomic E-state index is 6.10. The molecule has 2 heterocycles. The van der Waals surface area contributed by atoms with Gasteiger partial charge >= 0.3 is 0 Å². The summed E-state index contributed by atoms with van der Waals surface area (Å²) in [5.41, 5.74) is 5.60. The van der Waals surface area contributed by atoms with Gasteiger partial charge < -0.3 is 15.5 Å². The van der Waals surface area contributed by atoms with E-state index in [1.54, 1.807) is 6.20 Å². The van der Waals surface area contributed by atoms with Crippen molar-refractivity contribution in [3.05, 3.63) is 11.2 Å². The van der Waals surface area contributed by atoms with E-state index in [4.69, 9.17) is 17.3 Å². The number of hydrogen-bond acceptors (Lipinski definition) is 5. The van der Waals surface area contributed by atoms with Crippen molar-refractivity contribution in [3.8, 4) is 0 Å². The van der Waals surface area contributed by atoms with Crippen molar-refractivity contribution in [1.29, 1.82) is 0 Å². The van der Waals surface area contributed by atoms with E-state index in [1.165, 1.54) is 12.8 Å². The molecule has 2 rings (SSSR count). The Kier molecular flexibility index (Phi) is 4.24. The Morgan fingerprint density at radius 3 is 2.83 bits per heavy atom. The van der Waals surface area contributed by atoms with E-state index in [1.807, 2.05) is 7.05 Å². The minimum absolute atomic E-state index is 0.268. The molecular formula is C12H20ClN5. The first-order valence-electron chi connectivity index (χ1n) is 6.24. The minimum Gasteiger partial charge on any atom is -0.368 e. The lowest BCUT2D eigenvalue weighted by Crippen LogP contribution is -2.36. The van der Waals surface area contributed by atoms with E-state index in [0.29, 0.717) is 10.9 Å². The molecule has 6 heteroatoms. The van der Waals surface area contributed by atoms with Crippen molar-refractivity contribution in [2.24, 2.45) is 5.92 Å². The summed E-state index contributed by atoms with van der Waals surface area (Å²) >= 11 is 6.10. The number of nitrogens with two attached hydrogens (primary N) is 1. The number of halogens is 1. The van der Waals surface area contributed by atoms with Gasteiger partial charge in [-0.25, -0.2) is 4.98 Å². The minimum atomic E-state index is 0.268. The largest absolute Gasteiger partial charge is 0.368 e. The molecule has 0 saturated carbocycles. The van der Waals surface area contributed by atoms with Crippen LogP contribution in [0.5, 0.6) is 0 Å². The summed E-state index contributed by atoms with van der Waals surface area (Å²) in [6.07, 6.45) is 4.00. The fourth-order valence-corrected chi connectivity index (χ4v) is 2.59. The summed E-state index contributed by atoms with van der Waals surface area (Å²) in [5, 5.41) is 0.555. The summed E-state index contributed by atoms with van der Waals surface area (Å²) in [7, 11) is 4.17. The first kappa shape index (κ1) is 13.4. The quantitative estimate of drug-likeness (QED) is 0.901. The van der Waals surface area contributed by atoms with Crippen LogP contribution in [0.15, 0.2) is 6.20 Å². The summed E-state index contributed by atoms with van der Waals surface area (Å²) in [4.78, 5) is 12.5. The van der Waals surface area contributed by atoms with Crippen molar-refractivity contribution in [2.45, 2.75) is 12.8 Å². The van der Waals surface area contributed by atoms with Crippen LogP contribution in [-0.2, 0) is 0 Å². The van der Waals surface area contributed by atoms with Crippen LogP contribution in [0.1, 0.15) is 12.8 Å². The molecule has 0 atom stereocenters. The molecule has 0 spiro atoms. The topological polar surface area (TPSA) is 58.3 Å². The summed E-state index contributed by atoms with van der Waals surface area (Å²) < 4.78 is 0. The zero-order valence-electron chi connectivity index (χ0n) is 10.9. The van der Waals surface area contributed by atoms with Crippen LogP contribution in [0.3, 0.4) is 0 Å². The van der Waals surface area contributed by atoms with Gasteiger partial charge in [0.05, 0.1) is 6.20 Å². The second-order valence-corrected chi connectivity index (χ2v) is 5.43. The number of hydrogen-bond donors (Lipinski definition) is 1. The van der Waals surface area contributed by atoms with Crippen molar-refractivity contribution in [1.82, 2.24) is 14.9 Å². The van der Waals surface area contributed by atoms with E-state index in [-0.39, 0.29) is 5.95 Å². The molecular weight excluding hydrogens is 250 g/mol. The SMILES string of the molecule is CN1CCC(CN(C)c2nc(N)ncc2Cl)CC1. The Hall–Kier alpha value is -1.07. The monoisotopic (exact) mass is 269 g/mol. The number of aromatic nitrogens is 2. The molecule has 1 aliphatic heterocycles. The number of piperidine rings is 1. The zero-order chi connectivity index (χ0) is 13.1. The highest BCUT2D eigenvalue weighted by atomic mass is 35.5. The van der Waals surface area contributed by atoms with E-state index in [2.05, 4.69) is 26.8 Å². The number of likely N-dealkylation sites (tertiary alicyclic amines) is 1. The molecule has 2 N–H and O–H groups in total. The molecule has 5 nitrogen and oxygen atoms in total. The Morgan fingerprint density at radius 2 is 2.17 bits per heavy atom. The molecule has 1 aromatic rings. The van der Waals surface area contributed by atoms with Gasteiger partial charge in [-0.05, 0) is 38.9 Å². The highest BCUT2D eigenvalue weighted by Gasteiger charge is 2.19. The normalized spacial score (nSPS) is 17.9. The predicted octanol–water partition coefficient (Wildman–Crippen LogP) is 1.49. The standard InChI is InChI=1S/C12H20ClN5/c1-17-5-3-9(4-6-17)8-18(2)11-10(13)7-15-12(14)16-11/h7,9H,3-6,8H2,1-2H3,(H2,14,15,16). The van der Waals surface area contributed by atoms with Crippen LogP contribution in [0.25, 0.3) is 0 Å². The molecule has 1 aromatic heterocycles. The average Bonchev–Trinajstić information content (AvgIpc) is 2.35. The highest BCUT2D eigenvalue weighted by molar-refractivity contribution is 6.32. The molecule has 0 unspecified atom stereocenters. The third kappa shape index (κ3) is 3.23. The maximum Gasteiger partial charge on any atom is 0.222 e. The smallest absolute Gasteiger partial charge is 0.222 e. The molecule has 18 heavy (non-hydrogen) atoms. The number of nitrogen functional groups attached to an aromatic ring is 1. The van der Waals surface area contributed by atoms with Crippen LogP contribution in [-0.4, -0.2) is 48.6 Å². The highest BCUT2D eigenvalue weighted by Crippen LogP contribution is 2.25. The lowest BCUT2D eigenvalue weighted by atomic mass is 9.97. The van der Waals surface area contributed by atoms with E-state index < -0.39 is 0 Å². The molecule has 0 aromatic carbocycles. The Balaban J connectivity index is 1.98. The van der Waals surface area contributed by atoms with Gasteiger partial charge in [-0.2, -0.15) is 4.98 Å². The fourth-order valence-electron chi connectivity index (χ4n) is 2.36. The lowest BCUT2D eigenvalue weighted by molar-refractivity contribution is 0.222. The van der Waals surface area contributed by atoms with Gasteiger partial charge in [0.25, 0.3) is 0 Å². The van der Waals surface area contributed by atoms with E-state index in [9.17, 15) is 0 Å². The fraction of sp³-hybridized carbons (Fsp3) is 0.667. The van der Waals surface area contributed by atoms with Gasteiger partial charge in [0.15, 0.2) is 5.82 Å². The zero-order valence-corrected chi connectivity index (χ0v) is 11.7. The van der Waals surface area contributed by atoms with Gasteiger partial charge in [-0.1, -0.05) is 11.6 Å². The van der Waals surface area contributed by atoms with Crippen molar-refractivity contribution in [3.63, 3.8) is 0 Å². The Bertz CT molecular complexity index is 403. The number of rotatable bonds is 3. The van der Waals surface area contributed by atoms with Crippen LogP contribution in [0.4, 0.5) is 11.8 Å². The first-order valence-corrected chi connectivity index (χ1v) is 6.61. The average molecular weight is 270 g/mol. The van der Waals surface area contributed by atoms with Crippen LogP contribution in [0, 0.1) is 5.92 Å². The van der Waals surface area contributed by atoms with Gasteiger partial charge in [0, 0.05) is 13.6 Å². The summed E-state index contributed by atoms with van der Waals surface area (Å²) in [5.74, 6) is 1.69. The van der Waals surface area contributed by atoms with Gasteiger partial charge in [-0.3, -0.25) is 0 Å². The third-order valence-electron chi connectivity index (χ3n) is 3.48. The van der Waals surface area contributed by atoms with Crippen molar-refractivity contribution >= 4 is 23.4 Å². The molecule has 100 valence electrons. The second kappa shape index (κ2) is 5.71.